The Morgan fingerprint density at radius 3 is 2.62 bits per heavy atom. The molecule has 2 nitrogen and oxygen atoms in total. The molecule has 1 atom stereocenters. The number of nitrogens with zero attached hydrogens (tertiary/aromatic N) is 1. The molecule has 0 heterocycles. The Morgan fingerprint density at radius 2 is 2.00 bits per heavy atom. The Morgan fingerprint density at radius 1 is 1.31 bits per heavy atom. The Bertz CT molecular complexity index is 340. The first-order chi connectivity index (χ1) is 7.49. The van der Waals surface area contributed by atoms with Crippen LogP contribution in [0.2, 0.25) is 0 Å². The Kier molecular flexibility index (Phi) is 4.83. The lowest BCUT2D eigenvalue weighted by Gasteiger charge is -2.15. The summed E-state index contributed by atoms with van der Waals surface area (Å²) in [7, 11) is 3.91. The predicted octanol–water partition coefficient (Wildman–Crippen LogP) is 1.79. The van der Waals surface area contributed by atoms with Gasteiger partial charge in [0.15, 0.2) is 0 Å². The summed E-state index contributed by atoms with van der Waals surface area (Å²) in [4.78, 5) is 2.02. The van der Waals surface area contributed by atoms with Gasteiger partial charge in [-0.2, -0.15) is 0 Å². The third-order valence-electron chi connectivity index (χ3n) is 2.44. The minimum atomic E-state index is -0.420. The molecule has 0 aliphatic heterocycles. The predicted molar refractivity (Wildman–Crippen MR) is 61.2 cm³/mol. The van der Waals surface area contributed by atoms with Crippen molar-refractivity contribution in [3.05, 3.63) is 35.4 Å². The normalized spacial score (nSPS) is 13.1. The molecular formula is C12H18F2N2. The van der Waals surface area contributed by atoms with E-state index in [2.05, 4.69) is 0 Å². The number of halogens is 2. The van der Waals surface area contributed by atoms with E-state index in [1.807, 2.05) is 19.0 Å². The summed E-state index contributed by atoms with van der Waals surface area (Å²) in [6.07, 6.45) is 1.14. The maximum Gasteiger partial charge on any atom is 0.126 e. The van der Waals surface area contributed by atoms with Crippen LogP contribution in [0.1, 0.15) is 12.0 Å². The van der Waals surface area contributed by atoms with Crippen LogP contribution in [0.3, 0.4) is 0 Å². The van der Waals surface area contributed by atoms with Gasteiger partial charge in [0.05, 0.1) is 0 Å². The highest BCUT2D eigenvalue weighted by Crippen LogP contribution is 2.12. The second kappa shape index (κ2) is 5.92. The van der Waals surface area contributed by atoms with Crippen molar-refractivity contribution < 1.29 is 8.78 Å². The fourth-order valence-electron chi connectivity index (χ4n) is 1.51. The van der Waals surface area contributed by atoms with E-state index in [1.54, 1.807) is 0 Å². The fourth-order valence-corrected chi connectivity index (χ4v) is 1.51. The second-order valence-corrected chi connectivity index (χ2v) is 4.29. The van der Waals surface area contributed by atoms with Crippen LogP contribution in [0.15, 0.2) is 18.2 Å². The van der Waals surface area contributed by atoms with Crippen LogP contribution in [0.5, 0.6) is 0 Å². The Labute approximate surface area is 95.1 Å². The third-order valence-corrected chi connectivity index (χ3v) is 2.44. The molecule has 0 aromatic heterocycles. The van der Waals surface area contributed by atoms with Crippen LogP contribution < -0.4 is 5.73 Å². The van der Waals surface area contributed by atoms with Crippen LogP contribution in [-0.4, -0.2) is 31.6 Å². The monoisotopic (exact) mass is 228 g/mol. The lowest BCUT2D eigenvalue weighted by molar-refractivity contribution is 0.378. The van der Waals surface area contributed by atoms with Gasteiger partial charge in [0.25, 0.3) is 0 Å². The fraction of sp³-hybridized carbons (Fsp3) is 0.500. The highest BCUT2D eigenvalue weighted by atomic mass is 19.1. The molecule has 1 unspecified atom stereocenters. The van der Waals surface area contributed by atoms with E-state index in [9.17, 15) is 8.78 Å². The van der Waals surface area contributed by atoms with E-state index in [-0.39, 0.29) is 11.9 Å². The summed E-state index contributed by atoms with van der Waals surface area (Å²) in [5.41, 5.74) is 6.21. The van der Waals surface area contributed by atoms with Gasteiger partial charge >= 0.3 is 0 Å². The molecule has 2 N–H and O–H groups in total. The van der Waals surface area contributed by atoms with Crippen molar-refractivity contribution in [3.63, 3.8) is 0 Å². The Balaban J connectivity index is 2.55. The van der Waals surface area contributed by atoms with Crippen molar-refractivity contribution >= 4 is 0 Å². The van der Waals surface area contributed by atoms with E-state index in [0.717, 1.165) is 25.1 Å². The standard InChI is InChI=1S/C12H18F2N2/c1-16(2)6-5-11(15)8-9-7-10(13)3-4-12(9)14/h3-4,7,11H,5-6,8,15H2,1-2H3. The van der Waals surface area contributed by atoms with Gasteiger partial charge in [0, 0.05) is 6.04 Å². The molecule has 1 aromatic rings. The molecule has 4 heteroatoms. The molecule has 90 valence electrons. The zero-order valence-electron chi connectivity index (χ0n) is 9.71. The number of benzene rings is 1. The van der Waals surface area contributed by atoms with Gasteiger partial charge in [-0.3, -0.25) is 0 Å². The molecule has 0 aliphatic carbocycles. The first kappa shape index (κ1) is 13.1. The molecule has 0 spiro atoms. The molecule has 0 amide bonds. The smallest absolute Gasteiger partial charge is 0.126 e. The average Bonchev–Trinajstić information content (AvgIpc) is 2.20. The molecule has 0 saturated heterocycles. The molecule has 0 bridgehead atoms. The van der Waals surface area contributed by atoms with E-state index in [4.69, 9.17) is 5.73 Å². The summed E-state index contributed by atoms with van der Waals surface area (Å²) in [6.45, 7) is 0.845. The van der Waals surface area contributed by atoms with Gasteiger partial charge in [0.1, 0.15) is 11.6 Å². The molecule has 0 aliphatic rings. The maximum absolute atomic E-state index is 13.3. The topological polar surface area (TPSA) is 29.3 Å². The second-order valence-electron chi connectivity index (χ2n) is 4.29. The molecule has 0 radical (unpaired) electrons. The number of hydrogen-bond donors (Lipinski definition) is 1. The minimum Gasteiger partial charge on any atom is -0.327 e. The summed E-state index contributed by atoms with van der Waals surface area (Å²) in [5.74, 6) is -0.807. The van der Waals surface area contributed by atoms with Gasteiger partial charge < -0.3 is 10.6 Å². The molecular weight excluding hydrogens is 210 g/mol. The van der Waals surface area contributed by atoms with Gasteiger partial charge in [-0.05, 0) is 57.2 Å². The zero-order chi connectivity index (χ0) is 12.1. The van der Waals surface area contributed by atoms with Crippen molar-refractivity contribution in [2.24, 2.45) is 5.73 Å². The van der Waals surface area contributed by atoms with E-state index in [0.29, 0.717) is 12.0 Å². The van der Waals surface area contributed by atoms with Gasteiger partial charge in [-0.1, -0.05) is 0 Å². The number of nitrogens with two attached hydrogens (primary N) is 1. The van der Waals surface area contributed by atoms with E-state index >= 15 is 0 Å². The van der Waals surface area contributed by atoms with Crippen LogP contribution in [-0.2, 0) is 6.42 Å². The van der Waals surface area contributed by atoms with Crippen LogP contribution in [0, 0.1) is 11.6 Å². The van der Waals surface area contributed by atoms with Crippen LogP contribution >= 0.6 is 0 Å². The third kappa shape index (κ3) is 4.24. The van der Waals surface area contributed by atoms with Crippen molar-refractivity contribution in [2.75, 3.05) is 20.6 Å². The SMILES string of the molecule is CN(C)CCC(N)Cc1cc(F)ccc1F. The van der Waals surface area contributed by atoms with E-state index in [1.165, 1.54) is 6.07 Å². The molecule has 0 saturated carbocycles. The first-order valence-corrected chi connectivity index (χ1v) is 5.33. The highest BCUT2D eigenvalue weighted by Gasteiger charge is 2.09. The molecule has 0 fully saturated rings. The Hall–Kier alpha value is -1.00. The lowest BCUT2D eigenvalue weighted by atomic mass is 10.0. The summed E-state index contributed by atoms with van der Waals surface area (Å²) in [5, 5.41) is 0. The van der Waals surface area contributed by atoms with E-state index < -0.39 is 5.82 Å². The van der Waals surface area contributed by atoms with Crippen molar-refractivity contribution in [1.82, 2.24) is 4.90 Å². The summed E-state index contributed by atoms with van der Waals surface area (Å²) in [6, 6.07) is 3.33. The number of rotatable bonds is 5. The summed E-state index contributed by atoms with van der Waals surface area (Å²) < 4.78 is 26.2. The maximum atomic E-state index is 13.3. The largest absolute Gasteiger partial charge is 0.327 e. The van der Waals surface area contributed by atoms with Crippen LogP contribution in [0.4, 0.5) is 8.78 Å². The molecule has 16 heavy (non-hydrogen) atoms. The lowest BCUT2D eigenvalue weighted by Crippen LogP contribution is -2.28. The van der Waals surface area contributed by atoms with Crippen molar-refractivity contribution in [1.29, 1.82) is 0 Å². The average molecular weight is 228 g/mol. The van der Waals surface area contributed by atoms with Gasteiger partial charge in [0.2, 0.25) is 0 Å². The molecule has 1 rings (SSSR count). The zero-order valence-corrected chi connectivity index (χ0v) is 9.71. The van der Waals surface area contributed by atoms with Crippen LogP contribution in [0.25, 0.3) is 0 Å². The first-order valence-electron chi connectivity index (χ1n) is 5.33. The highest BCUT2D eigenvalue weighted by molar-refractivity contribution is 5.19. The molecule has 1 aromatic carbocycles. The quantitative estimate of drug-likeness (QED) is 0.832. The summed E-state index contributed by atoms with van der Waals surface area (Å²) >= 11 is 0. The van der Waals surface area contributed by atoms with Crippen molar-refractivity contribution in [3.8, 4) is 0 Å². The van der Waals surface area contributed by atoms with Gasteiger partial charge in [-0.25, -0.2) is 8.78 Å². The van der Waals surface area contributed by atoms with Gasteiger partial charge in [-0.15, -0.1) is 0 Å². The van der Waals surface area contributed by atoms with Crippen molar-refractivity contribution in [2.45, 2.75) is 18.9 Å². The minimum absolute atomic E-state index is 0.140. The number of hydrogen-bond acceptors (Lipinski definition) is 2.